The van der Waals surface area contributed by atoms with Gasteiger partial charge in [-0.3, -0.25) is 14.5 Å². The van der Waals surface area contributed by atoms with Crippen LogP contribution in [0.2, 0.25) is 0 Å². The van der Waals surface area contributed by atoms with E-state index in [2.05, 4.69) is 5.32 Å². The Kier molecular flexibility index (Phi) is 4.83. The van der Waals surface area contributed by atoms with Crippen LogP contribution in [0.3, 0.4) is 0 Å². The second-order valence-electron chi connectivity index (χ2n) is 7.73. The Hall–Kier alpha value is -3.30. The quantitative estimate of drug-likeness (QED) is 0.591. The maximum Gasteiger partial charge on any atom is 0.406 e. The number of aryl methyl sites for hydroxylation is 1. The molecule has 0 aliphatic carbocycles. The van der Waals surface area contributed by atoms with Crippen LogP contribution >= 0.6 is 0 Å². The van der Waals surface area contributed by atoms with E-state index in [0.29, 0.717) is 11.3 Å². The van der Waals surface area contributed by atoms with Gasteiger partial charge >= 0.3 is 12.2 Å². The molecule has 1 aromatic heterocycles. The minimum atomic E-state index is -4.44. The molecule has 2 aliphatic rings. The summed E-state index contributed by atoms with van der Waals surface area (Å²) in [4.78, 5) is 39.6. The van der Waals surface area contributed by atoms with Crippen molar-refractivity contribution in [1.29, 1.82) is 0 Å². The molecule has 3 heterocycles. The van der Waals surface area contributed by atoms with Gasteiger partial charge in [0.05, 0.1) is 13.2 Å². The van der Waals surface area contributed by atoms with Gasteiger partial charge in [0.2, 0.25) is 0 Å². The first-order valence-electron chi connectivity index (χ1n) is 9.66. The van der Waals surface area contributed by atoms with Crippen LogP contribution in [0.5, 0.6) is 5.75 Å². The average Bonchev–Trinajstić information content (AvgIpc) is 3.10. The number of ether oxygens (including phenoxy) is 1. The van der Waals surface area contributed by atoms with Crippen molar-refractivity contribution in [2.45, 2.75) is 38.5 Å². The molecule has 0 unspecified atom stereocenters. The molecule has 3 amide bonds. The molecule has 1 N–H and O–H groups in total. The second kappa shape index (κ2) is 7.14. The lowest BCUT2D eigenvalue weighted by Gasteiger charge is -2.33. The fourth-order valence-electron chi connectivity index (χ4n) is 4.25. The molecule has 2 aromatic rings. The lowest BCUT2D eigenvalue weighted by Crippen LogP contribution is -2.47. The summed E-state index contributed by atoms with van der Waals surface area (Å²) in [5.74, 6) is -0.709. The van der Waals surface area contributed by atoms with E-state index >= 15 is 0 Å². The number of carbonyl (C=O) groups is 3. The highest BCUT2D eigenvalue weighted by atomic mass is 19.4. The number of ketones is 1. The van der Waals surface area contributed by atoms with E-state index < -0.39 is 42.5 Å². The number of hydrogen-bond acceptors (Lipinski definition) is 4. The number of hydrogen-bond donors (Lipinski definition) is 1. The zero-order valence-electron chi connectivity index (χ0n) is 16.9. The van der Waals surface area contributed by atoms with Crippen molar-refractivity contribution >= 4 is 17.7 Å². The van der Waals surface area contributed by atoms with Crippen molar-refractivity contribution in [1.82, 2.24) is 14.8 Å². The number of nitrogens with one attached hydrogen (secondary N) is 1. The first-order valence-corrected chi connectivity index (χ1v) is 9.66. The molecule has 2 aliphatic heterocycles. The Labute approximate surface area is 175 Å². The monoisotopic (exact) mass is 435 g/mol. The first-order chi connectivity index (χ1) is 14.5. The third-order valence-electron chi connectivity index (χ3n) is 5.77. The van der Waals surface area contributed by atoms with Gasteiger partial charge < -0.3 is 14.6 Å². The molecule has 1 aromatic carbocycles. The van der Waals surface area contributed by atoms with Gasteiger partial charge in [-0.1, -0.05) is 18.2 Å². The molecule has 31 heavy (non-hydrogen) atoms. The van der Waals surface area contributed by atoms with Crippen LogP contribution in [0.15, 0.2) is 30.3 Å². The van der Waals surface area contributed by atoms with E-state index in [4.69, 9.17) is 4.74 Å². The van der Waals surface area contributed by atoms with Crippen molar-refractivity contribution in [3.05, 3.63) is 52.8 Å². The van der Waals surface area contributed by atoms with Crippen molar-refractivity contribution in [2.24, 2.45) is 0 Å². The number of nitrogens with zero attached hydrogens (tertiary/aromatic N) is 2. The topological polar surface area (TPSA) is 80.6 Å². The van der Waals surface area contributed by atoms with Crippen molar-refractivity contribution < 1.29 is 32.3 Å². The fourth-order valence-corrected chi connectivity index (χ4v) is 4.25. The number of urea groups is 1. The Bertz CT molecular complexity index is 1090. The van der Waals surface area contributed by atoms with Crippen LogP contribution in [0.25, 0.3) is 0 Å². The number of halogens is 3. The number of para-hydroxylation sites is 1. The Morgan fingerprint density at radius 3 is 2.65 bits per heavy atom. The van der Waals surface area contributed by atoms with E-state index in [0.717, 1.165) is 9.47 Å². The normalized spacial score (nSPS) is 20.6. The largest absolute Gasteiger partial charge is 0.493 e. The highest BCUT2D eigenvalue weighted by Gasteiger charge is 2.55. The van der Waals surface area contributed by atoms with Gasteiger partial charge in [-0.25, -0.2) is 4.79 Å². The summed E-state index contributed by atoms with van der Waals surface area (Å²) in [5.41, 5.74) is -0.351. The molecule has 7 nitrogen and oxygen atoms in total. The van der Waals surface area contributed by atoms with E-state index in [1.165, 1.54) is 19.9 Å². The third kappa shape index (κ3) is 3.45. The molecule has 1 atom stereocenters. The lowest BCUT2D eigenvalue weighted by molar-refractivity contribution is -0.141. The van der Waals surface area contributed by atoms with Crippen LogP contribution < -0.4 is 10.1 Å². The summed E-state index contributed by atoms with van der Waals surface area (Å²) in [6, 6.07) is 7.47. The summed E-state index contributed by atoms with van der Waals surface area (Å²) in [5, 5.41) is 2.70. The van der Waals surface area contributed by atoms with Crippen LogP contribution in [-0.4, -0.2) is 46.5 Å². The predicted molar refractivity (Wildman–Crippen MR) is 103 cm³/mol. The van der Waals surface area contributed by atoms with E-state index in [1.807, 2.05) is 0 Å². The highest BCUT2D eigenvalue weighted by Crippen LogP contribution is 2.41. The summed E-state index contributed by atoms with van der Waals surface area (Å²) >= 11 is 0. The number of rotatable bonds is 4. The highest BCUT2D eigenvalue weighted by molar-refractivity contribution is 6.12. The first kappa shape index (κ1) is 21.0. The number of Topliss-reactive ketones (excluding diaryl/α,β-unsaturated/α-hetero) is 1. The Morgan fingerprint density at radius 2 is 1.94 bits per heavy atom. The maximum absolute atomic E-state index is 13.2. The van der Waals surface area contributed by atoms with Crippen LogP contribution in [-0.2, 0) is 16.9 Å². The molecule has 0 bridgehead atoms. The molecular formula is C21H20F3N3O4. The summed E-state index contributed by atoms with van der Waals surface area (Å²) in [6.45, 7) is 1.31. The number of alkyl halides is 3. The molecule has 1 saturated heterocycles. The minimum absolute atomic E-state index is 0.0516. The Balaban J connectivity index is 1.60. The summed E-state index contributed by atoms with van der Waals surface area (Å²) in [6.07, 6.45) is -4.23. The van der Waals surface area contributed by atoms with Crippen molar-refractivity contribution in [2.75, 3.05) is 13.2 Å². The smallest absolute Gasteiger partial charge is 0.406 e. The fraction of sp³-hybridized carbons (Fsp3) is 0.381. The summed E-state index contributed by atoms with van der Waals surface area (Å²) < 4.78 is 45.1. The zero-order valence-corrected chi connectivity index (χ0v) is 16.9. The minimum Gasteiger partial charge on any atom is -0.493 e. The number of amides is 3. The van der Waals surface area contributed by atoms with Crippen LogP contribution in [0.1, 0.15) is 33.7 Å². The second-order valence-corrected chi connectivity index (χ2v) is 7.73. The molecular weight excluding hydrogens is 415 g/mol. The molecule has 1 spiro atoms. The maximum atomic E-state index is 13.2. The van der Waals surface area contributed by atoms with Gasteiger partial charge in [0.1, 0.15) is 12.3 Å². The molecule has 1 fully saturated rings. The van der Waals surface area contributed by atoms with E-state index in [9.17, 15) is 27.6 Å². The predicted octanol–water partition coefficient (Wildman–Crippen LogP) is 3.08. The number of imide groups is 1. The van der Waals surface area contributed by atoms with Gasteiger partial charge in [-0.15, -0.1) is 0 Å². The number of carbonyl (C=O) groups excluding carboxylic acids is 3. The molecule has 164 valence electrons. The van der Waals surface area contributed by atoms with Crippen molar-refractivity contribution in [3.8, 4) is 5.75 Å². The van der Waals surface area contributed by atoms with Crippen LogP contribution in [0, 0.1) is 13.8 Å². The Morgan fingerprint density at radius 1 is 1.23 bits per heavy atom. The van der Waals surface area contributed by atoms with Gasteiger partial charge in [0, 0.05) is 28.9 Å². The van der Waals surface area contributed by atoms with Gasteiger partial charge in [0.15, 0.2) is 11.3 Å². The number of benzene rings is 1. The molecule has 4 rings (SSSR count). The molecule has 10 heteroatoms. The van der Waals surface area contributed by atoms with Crippen molar-refractivity contribution in [3.63, 3.8) is 0 Å². The number of fused-ring (bicyclic) bond motifs is 2. The zero-order chi connectivity index (χ0) is 22.6. The SMILES string of the molecule is Cc1cc(C(=O)CN2C(=O)N[C@]3(CCOc4ccccc43)C2=O)c(C)n1CC(F)(F)F. The van der Waals surface area contributed by atoms with Gasteiger partial charge in [0.25, 0.3) is 5.91 Å². The number of aromatic nitrogens is 1. The van der Waals surface area contributed by atoms with E-state index in [1.54, 1.807) is 24.3 Å². The van der Waals surface area contributed by atoms with Crippen LogP contribution in [0.4, 0.5) is 18.0 Å². The van der Waals surface area contributed by atoms with Gasteiger partial charge in [-0.2, -0.15) is 13.2 Å². The lowest BCUT2D eigenvalue weighted by atomic mass is 9.84. The third-order valence-corrected chi connectivity index (χ3v) is 5.77. The summed E-state index contributed by atoms with van der Waals surface area (Å²) in [7, 11) is 0. The average molecular weight is 435 g/mol. The molecule has 0 saturated carbocycles. The molecule has 0 radical (unpaired) electrons. The standard InChI is InChI=1S/C21H20F3N3O4/c1-12-9-14(13(2)27(12)11-21(22,23)24)16(28)10-26-18(29)20(25-19(26)30)7-8-31-17-6-4-3-5-15(17)20/h3-6,9H,7-8,10-11H2,1-2H3,(H,25,30)/t20-/m0/s1. The van der Waals surface area contributed by atoms with E-state index in [-0.39, 0.29) is 30.0 Å². The van der Waals surface area contributed by atoms with Gasteiger partial charge in [-0.05, 0) is 26.0 Å².